The number of rotatable bonds is 4. The summed E-state index contributed by atoms with van der Waals surface area (Å²) >= 11 is 0. The van der Waals surface area contributed by atoms with Gasteiger partial charge in [-0.05, 0) is 46.8 Å². The molecule has 214 valence electrons. The van der Waals surface area contributed by atoms with Gasteiger partial charge < -0.3 is 0 Å². The van der Waals surface area contributed by atoms with Crippen molar-refractivity contribution in [3.05, 3.63) is 164 Å². The van der Waals surface area contributed by atoms with E-state index in [2.05, 4.69) is 146 Å². The molecule has 0 aliphatic rings. The molecule has 46 heavy (non-hydrogen) atoms. The van der Waals surface area contributed by atoms with Gasteiger partial charge in [-0.3, -0.25) is 0 Å². The summed E-state index contributed by atoms with van der Waals surface area (Å²) in [7, 11) is 0. The predicted octanol–water partition coefficient (Wildman–Crippen LogP) is 11.2. The van der Waals surface area contributed by atoms with Gasteiger partial charge in [-0.15, -0.1) is 0 Å². The molecule has 0 spiro atoms. The summed E-state index contributed by atoms with van der Waals surface area (Å²) in [5.41, 5.74) is 11.2. The van der Waals surface area contributed by atoms with Crippen LogP contribution in [-0.2, 0) is 0 Å². The molecule has 0 saturated carbocycles. The average Bonchev–Trinajstić information content (AvgIpc) is 3.14. The summed E-state index contributed by atoms with van der Waals surface area (Å²) in [6.07, 6.45) is 0. The lowest BCUT2D eigenvalue weighted by molar-refractivity contribution is 1.36. The zero-order chi connectivity index (χ0) is 30.5. The van der Waals surface area contributed by atoms with Crippen LogP contribution in [0.4, 0.5) is 0 Å². The molecule has 0 saturated heterocycles. The molecule has 3 heteroatoms. The Hall–Kier alpha value is -6.19. The Balaban J connectivity index is 1.15. The predicted molar refractivity (Wildman–Crippen MR) is 192 cm³/mol. The Bertz CT molecular complexity index is 2400. The highest BCUT2D eigenvalue weighted by atomic mass is 14.8. The van der Waals surface area contributed by atoms with Crippen molar-refractivity contribution < 1.29 is 0 Å². The van der Waals surface area contributed by atoms with E-state index in [1.165, 1.54) is 16.5 Å². The van der Waals surface area contributed by atoms with Crippen LogP contribution in [0.3, 0.4) is 0 Å². The number of benzene rings is 6. The molecule has 0 N–H and O–H groups in total. The highest BCUT2D eigenvalue weighted by Crippen LogP contribution is 2.33. The Morgan fingerprint density at radius 1 is 0.261 bits per heavy atom. The molecular weight excluding hydrogens is 558 g/mol. The van der Waals surface area contributed by atoms with Gasteiger partial charge in [-0.25, -0.2) is 15.0 Å². The van der Waals surface area contributed by atoms with Crippen molar-refractivity contribution in [2.24, 2.45) is 0 Å². The maximum Gasteiger partial charge on any atom is 0.0972 e. The first-order valence-corrected chi connectivity index (χ1v) is 15.5. The van der Waals surface area contributed by atoms with Gasteiger partial charge in [-0.2, -0.15) is 0 Å². The van der Waals surface area contributed by atoms with Crippen LogP contribution in [-0.4, -0.2) is 15.0 Å². The van der Waals surface area contributed by atoms with E-state index in [4.69, 9.17) is 15.0 Å². The van der Waals surface area contributed by atoms with Crippen molar-refractivity contribution in [1.29, 1.82) is 0 Å². The monoisotopic (exact) mass is 585 g/mol. The molecule has 0 amide bonds. The minimum Gasteiger partial charge on any atom is -0.247 e. The summed E-state index contributed by atoms with van der Waals surface area (Å²) < 4.78 is 0. The van der Waals surface area contributed by atoms with E-state index in [0.717, 1.165) is 71.9 Å². The Morgan fingerprint density at radius 2 is 0.696 bits per heavy atom. The quantitative estimate of drug-likeness (QED) is 0.193. The molecule has 6 aromatic carbocycles. The molecule has 9 rings (SSSR count). The Kier molecular flexibility index (Phi) is 6.14. The van der Waals surface area contributed by atoms with Gasteiger partial charge in [0.25, 0.3) is 0 Å². The van der Waals surface area contributed by atoms with E-state index >= 15 is 0 Å². The minimum absolute atomic E-state index is 0.905. The van der Waals surface area contributed by atoms with Crippen molar-refractivity contribution >= 4 is 43.5 Å². The molecule has 0 aliphatic heterocycles. The number of nitrogens with zero attached hydrogens (tertiary/aromatic N) is 3. The number of hydrogen-bond acceptors (Lipinski definition) is 3. The highest BCUT2D eigenvalue weighted by molar-refractivity contribution is 6.07. The van der Waals surface area contributed by atoms with Crippen LogP contribution < -0.4 is 0 Å². The fourth-order valence-corrected chi connectivity index (χ4v) is 6.41. The molecular formula is C43H27N3. The van der Waals surface area contributed by atoms with Gasteiger partial charge in [-0.1, -0.05) is 133 Å². The summed E-state index contributed by atoms with van der Waals surface area (Å²) in [4.78, 5) is 15.5. The maximum absolute atomic E-state index is 5.24. The van der Waals surface area contributed by atoms with Crippen LogP contribution in [0, 0.1) is 0 Å². The zero-order valence-corrected chi connectivity index (χ0v) is 24.9. The fraction of sp³-hybridized carbons (Fsp3) is 0. The topological polar surface area (TPSA) is 38.7 Å². The number of fused-ring (bicyclic) bond motifs is 6. The zero-order valence-electron chi connectivity index (χ0n) is 24.9. The van der Waals surface area contributed by atoms with E-state index in [-0.39, 0.29) is 0 Å². The van der Waals surface area contributed by atoms with Crippen LogP contribution in [0.2, 0.25) is 0 Å². The van der Waals surface area contributed by atoms with E-state index in [9.17, 15) is 0 Å². The first kappa shape index (κ1) is 26.2. The standard InChI is InChI=1S/C43H27N3/c1-3-8-28(9-4-1)34-19-15-29-14-16-31-20-24-39(44-41(31)37(29)27-34)35-12-7-13-36(26-35)40-25-22-33-18-17-32-21-23-38(30-10-5-2-6-11-30)45-42(32)43(33)46-40/h1-27H. The lowest BCUT2D eigenvalue weighted by Gasteiger charge is -2.10. The van der Waals surface area contributed by atoms with Crippen LogP contribution in [0.5, 0.6) is 0 Å². The van der Waals surface area contributed by atoms with Gasteiger partial charge in [0.05, 0.1) is 33.6 Å². The summed E-state index contributed by atoms with van der Waals surface area (Å²) in [6, 6.07) is 57.3. The number of aromatic nitrogens is 3. The minimum atomic E-state index is 0.905. The molecule has 0 atom stereocenters. The summed E-state index contributed by atoms with van der Waals surface area (Å²) in [6.45, 7) is 0. The van der Waals surface area contributed by atoms with Gasteiger partial charge in [0.15, 0.2) is 0 Å². The van der Waals surface area contributed by atoms with E-state index < -0.39 is 0 Å². The third-order valence-corrected chi connectivity index (χ3v) is 8.83. The van der Waals surface area contributed by atoms with Crippen molar-refractivity contribution in [2.45, 2.75) is 0 Å². The second kappa shape index (κ2) is 10.8. The third-order valence-electron chi connectivity index (χ3n) is 8.83. The Labute approximate surface area is 266 Å². The second-order valence-electron chi connectivity index (χ2n) is 11.7. The normalized spacial score (nSPS) is 11.5. The van der Waals surface area contributed by atoms with Crippen molar-refractivity contribution in [3.63, 3.8) is 0 Å². The van der Waals surface area contributed by atoms with Gasteiger partial charge in [0, 0.05) is 38.2 Å². The van der Waals surface area contributed by atoms with Crippen LogP contribution in [0.25, 0.3) is 88.4 Å². The average molecular weight is 586 g/mol. The molecule has 0 bridgehead atoms. The molecule has 3 heterocycles. The van der Waals surface area contributed by atoms with Crippen LogP contribution in [0.1, 0.15) is 0 Å². The van der Waals surface area contributed by atoms with Gasteiger partial charge in [0.1, 0.15) is 0 Å². The summed E-state index contributed by atoms with van der Waals surface area (Å²) in [5.74, 6) is 0. The van der Waals surface area contributed by atoms with Crippen molar-refractivity contribution in [1.82, 2.24) is 15.0 Å². The number of hydrogen-bond donors (Lipinski definition) is 0. The molecule has 9 aromatic rings. The number of pyridine rings is 3. The largest absolute Gasteiger partial charge is 0.247 e. The van der Waals surface area contributed by atoms with Gasteiger partial charge >= 0.3 is 0 Å². The van der Waals surface area contributed by atoms with E-state index in [1.807, 2.05) is 18.2 Å². The highest BCUT2D eigenvalue weighted by Gasteiger charge is 2.11. The third kappa shape index (κ3) is 4.58. The molecule has 0 unspecified atom stereocenters. The lowest BCUT2D eigenvalue weighted by Crippen LogP contribution is -1.92. The smallest absolute Gasteiger partial charge is 0.0972 e. The first-order chi connectivity index (χ1) is 22.8. The molecule has 3 aromatic heterocycles. The summed E-state index contributed by atoms with van der Waals surface area (Å²) in [5, 5.41) is 5.62. The van der Waals surface area contributed by atoms with Crippen molar-refractivity contribution in [3.8, 4) is 44.9 Å². The molecule has 0 radical (unpaired) electrons. The van der Waals surface area contributed by atoms with Gasteiger partial charge in [0.2, 0.25) is 0 Å². The van der Waals surface area contributed by atoms with Crippen LogP contribution in [0.15, 0.2) is 164 Å². The van der Waals surface area contributed by atoms with E-state index in [0.29, 0.717) is 0 Å². The van der Waals surface area contributed by atoms with E-state index in [1.54, 1.807) is 0 Å². The molecule has 0 aliphatic carbocycles. The molecule has 0 fully saturated rings. The van der Waals surface area contributed by atoms with Crippen molar-refractivity contribution in [2.75, 3.05) is 0 Å². The Morgan fingerprint density at radius 3 is 1.30 bits per heavy atom. The first-order valence-electron chi connectivity index (χ1n) is 15.5. The lowest BCUT2D eigenvalue weighted by atomic mass is 9.98. The maximum atomic E-state index is 5.24. The second-order valence-corrected chi connectivity index (χ2v) is 11.7. The van der Waals surface area contributed by atoms with Crippen LogP contribution >= 0.6 is 0 Å². The SMILES string of the molecule is c1ccc(-c2ccc3ccc4ccc(-c5cccc(-c6ccc7ccc8ccc(-c9ccccc9)nc8c7n6)c5)nc4c3c2)cc1. The molecule has 3 nitrogen and oxygen atoms in total. The fourth-order valence-electron chi connectivity index (χ4n) is 6.41.